The van der Waals surface area contributed by atoms with E-state index in [1.165, 1.54) is 7.11 Å². The molecule has 25 heavy (non-hydrogen) atoms. The van der Waals surface area contributed by atoms with Crippen molar-refractivity contribution in [2.75, 3.05) is 25.6 Å². The average Bonchev–Trinajstić information content (AvgIpc) is 2.62. The lowest BCUT2D eigenvalue weighted by molar-refractivity contribution is 0.102. The van der Waals surface area contributed by atoms with Crippen molar-refractivity contribution >= 4 is 24.5 Å². The monoisotopic (exact) mass is 363 g/mol. The zero-order valence-electron chi connectivity index (χ0n) is 14.5. The molecule has 0 aliphatic rings. The third-order valence-electron chi connectivity index (χ3n) is 3.40. The van der Waals surface area contributed by atoms with E-state index in [0.717, 1.165) is 0 Å². The summed E-state index contributed by atoms with van der Waals surface area (Å²) in [5.74, 6) is 0.0831. The van der Waals surface area contributed by atoms with Crippen LogP contribution < -0.4 is 15.4 Å². The molecular weight excluding hydrogens is 341 g/mol. The number of hydrogen-bond acceptors (Lipinski definition) is 5. The minimum Gasteiger partial charge on any atom is -0.496 e. The number of benzene rings is 2. The van der Waals surface area contributed by atoms with E-state index in [1.807, 2.05) is 0 Å². The van der Waals surface area contributed by atoms with Crippen molar-refractivity contribution in [1.82, 2.24) is 0 Å². The summed E-state index contributed by atoms with van der Waals surface area (Å²) in [6.07, 6.45) is 0. The summed E-state index contributed by atoms with van der Waals surface area (Å²) in [7, 11) is -2.02. The Kier molecular flexibility index (Phi) is 6.76. The highest BCUT2D eigenvalue weighted by Crippen LogP contribution is 2.48. The highest BCUT2D eigenvalue weighted by Gasteiger charge is 2.30. The number of para-hydroxylation sites is 2. The molecule has 0 bridgehead atoms. The Hall–Kier alpha value is -2.14. The van der Waals surface area contributed by atoms with Gasteiger partial charge in [0.25, 0.3) is 5.91 Å². The van der Waals surface area contributed by atoms with Gasteiger partial charge in [0.1, 0.15) is 5.75 Å². The molecule has 2 aromatic carbocycles. The van der Waals surface area contributed by atoms with E-state index in [-0.39, 0.29) is 19.1 Å². The van der Waals surface area contributed by atoms with Gasteiger partial charge in [-0.15, -0.1) is 0 Å². The second-order valence-electron chi connectivity index (χ2n) is 5.00. The van der Waals surface area contributed by atoms with Crippen LogP contribution in [0.25, 0.3) is 0 Å². The molecule has 7 heteroatoms. The summed E-state index contributed by atoms with van der Waals surface area (Å²) in [6.45, 7) is 3.93. The number of anilines is 1. The van der Waals surface area contributed by atoms with Crippen molar-refractivity contribution in [3.05, 3.63) is 54.1 Å². The molecule has 0 aromatic heterocycles. The average molecular weight is 363 g/mol. The maximum atomic E-state index is 13.1. The van der Waals surface area contributed by atoms with Crippen LogP contribution in [-0.2, 0) is 13.6 Å². The van der Waals surface area contributed by atoms with E-state index in [4.69, 9.17) is 13.8 Å². The lowest BCUT2D eigenvalue weighted by atomic mass is 10.2. The van der Waals surface area contributed by atoms with Crippen LogP contribution in [0.15, 0.2) is 48.5 Å². The van der Waals surface area contributed by atoms with E-state index in [1.54, 1.807) is 62.4 Å². The Labute approximate surface area is 147 Å². The van der Waals surface area contributed by atoms with E-state index in [9.17, 15) is 9.36 Å². The molecule has 1 amide bonds. The number of nitrogens with one attached hydrogen (secondary N) is 1. The van der Waals surface area contributed by atoms with Gasteiger partial charge < -0.3 is 19.1 Å². The largest absolute Gasteiger partial charge is 0.496 e. The maximum absolute atomic E-state index is 13.1. The molecule has 0 aliphatic heterocycles. The number of methoxy groups -OCH3 is 1. The molecule has 0 spiro atoms. The fourth-order valence-electron chi connectivity index (χ4n) is 2.36. The smallest absolute Gasteiger partial charge is 0.363 e. The predicted octanol–water partition coefficient (Wildman–Crippen LogP) is 3.84. The molecule has 2 rings (SSSR count). The van der Waals surface area contributed by atoms with Crippen molar-refractivity contribution in [3.63, 3.8) is 0 Å². The van der Waals surface area contributed by atoms with Gasteiger partial charge in [0.15, 0.2) is 0 Å². The van der Waals surface area contributed by atoms with Gasteiger partial charge in [-0.25, -0.2) is 0 Å². The van der Waals surface area contributed by atoms with Crippen LogP contribution in [0.1, 0.15) is 24.2 Å². The van der Waals surface area contributed by atoms with Gasteiger partial charge in [-0.1, -0.05) is 24.3 Å². The van der Waals surface area contributed by atoms with Crippen molar-refractivity contribution in [1.29, 1.82) is 0 Å². The van der Waals surface area contributed by atoms with Crippen LogP contribution in [0, 0.1) is 0 Å². The van der Waals surface area contributed by atoms with Gasteiger partial charge in [-0.05, 0) is 38.1 Å². The van der Waals surface area contributed by atoms with E-state index >= 15 is 0 Å². The third-order valence-corrected chi connectivity index (χ3v) is 5.57. The Morgan fingerprint density at radius 2 is 1.60 bits per heavy atom. The summed E-state index contributed by atoms with van der Waals surface area (Å²) >= 11 is 0. The molecule has 0 unspecified atom stereocenters. The van der Waals surface area contributed by atoms with Crippen LogP contribution in [0.2, 0.25) is 0 Å². The van der Waals surface area contributed by atoms with Crippen molar-refractivity contribution in [2.24, 2.45) is 0 Å². The zero-order valence-corrected chi connectivity index (χ0v) is 15.4. The predicted molar refractivity (Wildman–Crippen MR) is 97.9 cm³/mol. The molecule has 0 aliphatic carbocycles. The summed E-state index contributed by atoms with van der Waals surface area (Å²) in [5, 5.41) is 3.09. The molecule has 0 saturated carbocycles. The molecule has 0 radical (unpaired) electrons. The molecule has 0 saturated heterocycles. The first-order valence-corrected chi connectivity index (χ1v) is 9.53. The second kappa shape index (κ2) is 8.81. The Bertz CT molecular complexity index is 768. The lowest BCUT2D eigenvalue weighted by Crippen LogP contribution is -2.21. The SMILES string of the molecule is CCOP(=O)(OCC)c1ccccc1NC(=O)c1ccccc1OC. The Balaban J connectivity index is 2.38. The molecule has 0 atom stereocenters. The van der Waals surface area contributed by atoms with Gasteiger partial charge in [0, 0.05) is 0 Å². The highest BCUT2D eigenvalue weighted by molar-refractivity contribution is 7.62. The van der Waals surface area contributed by atoms with Crippen LogP contribution in [-0.4, -0.2) is 26.2 Å². The highest BCUT2D eigenvalue weighted by atomic mass is 31.2. The number of carbonyl (C=O) groups is 1. The number of ether oxygens (including phenoxy) is 1. The zero-order chi connectivity index (χ0) is 18.3. The topological polar surface area (TPSA) is 73.9 Å². The van der Waals surface area contributed by atoms with Gasteiger partial charge >= 0.3 is 7.60 Å². The van der Waals surface area contributed by atoms with Gasteiger partial charge in [0.05, 0.1) is 36.9 Å². The fraction of sp³-hybridized carbons (Fsp3) is 0.278. The normalized spacial score (nSPS) is 11.2. The van der Waals surface area contributed by atoms with Crippen LogP contribution in [0.5, 0.6) is 5.75 Å². The molecule has 0 fully saturated rings. The molecule has 2 aromatic rings. The number of rotatable bonds is 8. The van der Waals surface area contributed by atoms with E-state index in [0.29, 0.717) is 22.3 Å². The van der Waals surface area contributed by atoms with Crippen molar-refractivity contribution in [2.45, 2.75) is 13.8 Å². The first-order chi connectivity index (χ1) is 12.1. The van der Waals surface area contributed by atoms with Crippen LogP contribution >= 0.6 is 7.60 Å². The second-order valence-corrected chi connectivity index (χ2v) is 7.00. The van der Waals surface area contributed by atoms with Crippen LogP contribution in [0.4, 0.5) is 5.69 Å². The summed E-state index contributed by atoms with van der Waals surface area (Å²) < 4.78 is 29.0. The lowest BCUT2D eigenvalue weighted by Gasteiger charge is -2.20. The van der Waals surface area contributed by atoms with Gasteiger partial charge in [-0.2, -0.15) is 0 Å². The Morgan fingerprint density at radius 3 is 2.24 bits per heavy atom. The molecule has 134 valence electrons. The van der Waals surface area contributed by atoms with Crippen molar-refractivity contribution < 1.29 is 23.1 Å². The minimum atomic E-state index is -3.52. The molecule has 1 N–H and O–H groups in total. The first kappa shape index (κ1) is 19.2. The quantitative estimate of drug-likeness (QED) is 0.722. The molecule has 0 heterocycles. The van der Waals surface area contributed by atoms with Crippen molar-refractivity contribution in [3.8, 4) is 5.75 Å². The standard InChI is InChI=1S/C18H22NO5P/c1-4-23-25(21,24-5-2)17-13-9-7-11-15(17)19-18(20)14-10-6-8-12-16(14)22-3/h6-13H,4-5H2,1-3H3,(H,19,20). The molecular formula is C18H22NO5P. The fourth-order valence-corrected chi connectivity index (χ4v) is 4.08. The summed E-state index contributed by atoms with van der Waals surface area (Å²) in [6, 6.07) is 13.6. The maximum Gasteiger partial charge on any atom is 0.363 e. The van der Waals surface area contributed by atoms with Crippen LogP contribution in [0.3, 0.4) is 0 Å². The summed E-state index contributed by atoms with van der Waals surface area (Å²) in [5.41, 5.74) is 0.756. The van der Waals surface area contributed by atoms with E-state index < -0.39 is 7.60 Å². The van der Waals surface area contributed by atoms with E-state index in [2.05, 4.69) is 5.32 Å². The molecule has 6 nitrogen and oxygen atoms in total. The number of hydrogen-bond donors (Lipinski definition) is 1. The minimum absolute atomic E-state index is 0.228. The Morgan fingerprint density at radius 1 is 1.00 bits per heavy atom. The van der Waals surface area contributed by atoms with Gasteiger partial charge in [0.2, 0.25) is 0 Å². The summed E-state index contributed by atoms with van der Waals surface area (Å²) in [4.78, 5) is 12.6. The first-order valence-electron chi connectivity index (χ1n) is 7.98. The number of amides is 1. The number of carbonyl (C=O) groups excluding carboxylic acids is 1. The third kappa shape index (κ3) is 4.48. The van der Waals surface area contributed by atoms with Gasteiger partial charge in [-0.3, -0.25) is 9.36 Å².